The van der Waals surface area contributed by atoms with Gasteiger partial charge in [-0.3, -0.25) is 14.6 Å². The van der Waals surface area contributed by atoms with E-state index in [1.54, 1.807) is 13.8 Å². The Bertz CT molecular complexity index is 948. The van der Waals surface area contributed by atoms with Crippen molar-refractivity contribution in [2.75, 3.05) is 0 Å². The summed E-state index contributed by atoms with van der Waals surface area (Å²) in [6, 6.07) is 3.13. The molecular formula is C19H14F3NO2. The second-order valence-electron chi connectivity index (χ2n) is 5.85. The molecule has 1 aliphatic rings. The van der Waals surface area contributed by atoms with Gasteiger partial charge in [-0.15, -0.1) is 0 Å². The standard InChI is InChI=1S/C19H14F3NO2/c1-3-11-12(7-10-6-9(2)15(22)8-23-10)19(25)17-14(21)5-4-13(20)16(17)18(11)24/h4-6,8H,3,7H2,1-2H3. The van der Waals surface area contributed by atoms with Crippen molar-refractivity contribution in [1.82, 2.24) is 4.98 Å². The average Bonchev–Trinajstić information content (AvgIpc) is 2.58. The van der Waals surface area contributed by atoms with E-state index in [0.29, 0.717) is 11.3 Å². The van der Waals surface area contributed by atoms with E-state index in [2.05, 4.69) is 4.98 Å². The van der Waals surface area contributed by atoms with Gasteiger partial charge in [0.15, 0.2) is 11.6 Å². The van der Waals surface area contributed by atoms with Crippen molar-refractivity contribution in [3.63, 3.8) is 0 Å². The highest BCUT2D eigenvalue weighted by atomic mass is 19.1. The van der Waals surface area contributed by atoms with Gasteiger partial charge in [-0.05, 0) is 37.1 Å². The monoisotopic (exact) mass is 345 g/mol. The van der Waals surface area contributed by atoms with E-state index in [-0.39, 0.29) is 24.0 Å². The molecule has 1 aromatic carbocycles. The second kappa shape index (κ2) is 6.27. The summed E-state index contributed by atoms with van der Waals surface area (Å²) < 4.78 is 41.5. The van der Waals surface area contributed by atoms with Crippen molar-refractivity contribution < 1.29 is 22.8 Å². The molecule has 0 spiro atoms. The molecule has 0 bridgehead atoms. The number of rotatable bonds is 3. The van der Waals surface area contributed by atoms with Gasteiger partial charge in [-0.25, -0.2) is 13.2 Å². The van der Waals surface area contributed by atoms with Crippen LogP contribution in [-0.2, 0) is 6.42 Å². The lowest BCUT2D eigenvalue weighted by Gasteiger charge is -2.21. The average molecular weight is 345 g/mol. The Morgan fingerprint density at radius 1 is 0.920 bits per heavy atom. The second-order valence-corrected chi connectivity index (χ2v) is 5.85. The van der Waals surface area contributed by atoms with Crippen molar-refractivity contribution in [1.29, 1.82) is 0 Å². The number of carbonyl (C=O) groups excluding carboxylic acids is 2. The molecule has 0 amide bonds. The zero-order chi connectivity index (χ0) is 18.3. The normalized spacial score (nSPS) is 14.1. The maximum atomic E-state index is 14.1. The third-order valence-electron chi connectivity index (χ3n) is 4.29. The number of nitrogens with zero attached hydrogens (tertiary/aromatic N) is 1. The van der Waals surface area contributed by atoms with Crippen molar-refractivity contribution >= 4 is 11.6 Å². The quantitative estimate of drug-likeness (QED) is 0.840. The predicted octanol–water partition coefficient (Wildman–Crippen LogP) is 4.14. The zero-order valence-corrected chi connectivity index (χ0v) is 13.6. The highest BCUT2D eigenvalue weighted by Gasteiger charge is 2.35. The molecule has 0 fully saturated rings. The highest BCUT2D eigenvalue weighted by Crippen LogP contribution is 2.33. The molecule has 0 saturated carbocycles. The molecule has 1 aromatic heterocycles. The van der Waals surface area contributed by atoms with Gasteiger partial charge >= 0.3 is 0 Å². The van der Waals surface area contributed by atoms with Gasteiger partial charge in [0, 0.05) is 23.3 Å². The van der Waals surface area contributed by atoms with Gasteiger partial charge in [0.1, 0.15) is 17.5 Å². The number of aromatic nitrogens is 1. The number of hydrogen-bond acceptors (Lipinski definition) is 3. The number of pyridine rings is 1. The van der Waals surface area contributed by atoms with Crippen molar-refractivity contribution in [3.8, 4) is 0 Å². The third kappa shape index (κ3) is 2.77. The molecule has 1 aliphatic carbocycles. The lowest BCUT2D eigenvalue weighted by molar-refractivity contribution is 0.0963. The molecule has 0 N–H and O–H groups in total. The van der Waals surface area contributed by atoms with E-state index >= 15 is 0 Å². The molecule has 0 saturated heterocycles. The highest BCUT2D eigenvalue weighted by molar-refractivity contribution is 6.27. The van der Waals surface area contributed by atoms with Crippen LogP contribution < -0.4 is 0 Å². The van der Waals surface area contributed by atoms with Crippen LogP contribution in [0.25, 0.3) is 0 Å². The summed E-state index contributed by atoms with van der Waals surface area (Å²) in [5.41, 5.74) is -0.143. The van der Waals surface area contributed by atoms with Crippen LogP contribution in [0.5, 0.6) is 0 Å². The van der Waals surface area contributed by atoms with E-state index < -0.39 is 40.1 Å². The van der Waals surface area contributed by atoms with Crippen LogP contribution in [0.1, 0.15) is 45.3 Å². The molecule has 3 rings (SSSR count). The first-order valence-electron chi connectivity index (χ1n) is 7.75. The largest absolute Gasteiger partial charge is 0.289 e. The van der Waals surface area contributed by atoms with Crippen molar-refractivity contribution in [2.45, 2.75) is 26.7 Å². The lowest BCUT2D eigenvalue weighted by Crippen LogP contribution is -2.26. The molecule has 0 radical (unpaired) electrons. The summed E-state index contributed by atoms with van der Waals surface area (Å²) in [4.78, 5) is 29.3. The summed E-state index contributed by atoms with van der Waals surface area (Å²) in [7, 11) is 0. The van der Waals surface area contributed by atoms with Crippen LogP contribution in [0.2, 0.25) is 0 Å². The number of hydrogen-bond donors (Lipinski definition) is 0. The summed E-state index contributed by atoms with van der Waals surface area (Å²) in [5, 5.41) is 0. The summed E-state index contributed by atoms with van der Waals surface area (Å²) >= 11 is 0. The Kier molecular flexibility index (Phi) is 4.29. The summed E-state index contributed by atoms with van der Waals surface area (Å²) in [5.74, 6) is -3.77. The van der Waals surface area contributed by atoms with E-state index in [4.69, 9.17) is 0 Å². The van der Waals surface area contributed by atoms with Gasteiger partial charge in [0.2, 0.25) is 0 Å². The van der Waals surface area contributed by atoms with Crippen molar-refractivity contribution in [3.05, 3.63) is 75.4 Å². The van der Waals surface area contributed by atoms with E-state index in [1.165, 1.54) is 6.07 Å². The minimum Gasteiger partial charge on any atom is -0.289 e. The fourth-order valence-electron chi connectivity index (χ4n) is 3.01. The fraction of sp³-hybridized carbons (Fsp3) is 0.211. The third-order valence-corrected chi connectivity index (χ3v) is 4.29. The molecule has 1 heterocycles. The Balaban J connectivity index is 2.14. The Morgan fingerprint density at radius 2 is 1.48 bits per heavy atom. The predicted molar refractivity (Wildman–Crippen MR) is 85.0 cm³/mol. The molecular weight excluding hydrogens is 331 g/mol. The number of allylic oxidation sites excluding steroid dienone is 2. The smallest absolute Gasteiger partial charge is 0.193 e. The Labute approximate surface area is 142 Å². The molecule has 3 nitrogen and oxygen atoms in total. The van der Waals surface area contributed by atoms with Gasteiger partial charge in [0.05, 0.1) is 17.3 Å². The van der Waals surface area contributed by atoms with Gasteiger partial charge in [0.25, 0.3) is 0 Å². The minimum atomic E-state index is -0.939. The lowest BCUT2D eigenvalue weighted by atomic mass is 9.80. The van der Waals surface area contributed by atoms with E-state index in [0.717, 1.165) is 18.3 Å². The topological polar surface area (TPSA) is 47.0 Å². The molecule has 128 valence electrons. The van der Waals surface area contributed by atoms with Crippen LogP contribution in [-0.4, -0.2) is 16.6 Å². The summed E-state index contributed by atoms with van der Waals surface area (Å²) in [6.07, 6.45) is 1.17. The van der Waals surface area contributed by atoms with E-state index in [9.17, 15) is 22.8 Å². The fourth-order valence-corrected chi connectivity index (χ4v) is 3.01. The van der Waals surface area contributed by atoms with Crippen LogP contribution in [0, 0.1) is 24.4 Å². The van der Waals surface area contributed by atoms with E-state index in [1.807, 2.05) is 0 Å². The van der Waals surface area contributed by atoms with Gasteiger partial charge in [-0.1, -0.05) is 6.92 Å². The SMILES string of the molecule is CCC1=C(Cc2cc(C)c(F)cn2)C(=O)c2c(F)ccc(F)c2C1=O. The first-order chi connectivity index (χ1) is 11.8. The number of benzene rings is 1. The first kappa shape index (κ1) is 17.1. The molecule has 0 aliphatic heterocycles. The Morgan fingerprint density at radius 3 is 2.00 bits per heavy atom. The zero-order valence-electron chi connectivity index (χ0n) is 13.6. The number of fused-ring (bicyclic) bond motifs is 1. The van der Waals surface area contributed by atoms with Crippen LogP contribution in [0.4, 0.5) is 13.2 Å². The number of ketones is 2. The molecule has 2 aromatic rings. The van der Waals surface area contributed by atoms with Gasteiger partial charge in [-0.2, -0.15) is 0 Å². The van der Waals surface area contributed by atoms with Crippen LogP contribution in [0.15, 0.2) is 35.5 Å². The molecule has 6 heteroatoms. The summed E-state index contributed by atoms with van der Waals surface area (Å²) in [6.45, 7) is 3.21. The van der Waals surface area contributed by atoms with Crippen molar-refractivity contribution in [2.24, 2.45) is 0 Å². The number of carbonyl (C=O) groups is 2. The maximum absolute atomic E-state index is 14.1. The van der Waals surface area contributed by atoms with Crippen LogP contribution in [0.3, 0.4) is 0 Å². The van der Waals surface area contributed by atoms with Crippen LogP contribution >= 0.6 is 0 Å². The number of Topliss-reactive ketones (excluding diaryl/α,β-unsaturated/α-hetero) is 2. The maximum Gasteiger partial charge on any atom is 0.193 e. The number of aryl methyl sites for hydroxylation is 1. The molecule has 25 heavy (non-hydrogen) atoms. The molecule has 0 unspecified atom stereocenters. The minimum absolute atomic E-state index is 0.0513. The molecule has 0 atom stereocenters. The first-order valence-corrected chi connectivity index (χ1v) is 7.75. The Hall–Kier alpha value is -2.76. The number of halogens is 3. The van der Waals surface area contributed by atoms with Gasteiger partial charge < -0.3 is 0 Å².